The van der Waals surface area contributed by atoms with Crippen LogP contribution in [0.5, 0.6) is 5.75 Å². The molecular weight excluding hydrogens is 266 g/mol. The predicted octanol–water partition coefficient (Wildman–Crippen LogP) is 2.86. The maximum absolute atomic E-state index is 11.1. The largest absolute Gasteiger partial charge is 0.479 e. The number of benzene rings is 1. The third-order valence-corrected chi connectivity index (χ3v) is 2.90. The quantitative estimate of drug-likeness (QED) is 0.808. The van der Waals surface area contributed by atoms with Crippen LogP contribution in [-0.4, -0.2) is 23.2 Å². The molecule has 0 aromatic heterocycles. The number of nitrogens with two attached hydrogens (primary N) is 1. The van der Waals surface area contributed by atoms with E-state index in [2.05, 4.69) is 0 Å². The average molecular weight is 286 g/mol. The molecule has 0 aliphatic carbocycles. The van der Waals surface area contributed by atoms with Crippen LogP contribution < -0.4 is 10.5 Å². The second-order valence-electron chi connectivity index (χ2n) is 4.67. The van der Waals surface area contributed by atoms with Crippen LogP contribution in [-0.2, 0) is 11.2 Å². The van der Waals surface area contributed by atoms with E-state index >= 15 is 0 Å². The summed E-state index contributed by atoms with van der Waals surface area (Å²) in [5, 5.41) is 9.71. The van der Waals surface area contributed by atoms with Crippen molar-refractivity contribution in [3.8, 4) is 5.75 Å². The lowest BCUT2D eigenvalue weighted by Crippen LogP contribution is -2.27. The Balaban J connectivity index is 2.94. The summed E-state index contributed by atoms with van der Waals surface area (Å²) in [6.45, 7) is 3.80. The van der Waals surface area contributed by atoms with Gasteiger partial charge in [0.15, 0.2) is 6.10 Å². The van der Waals surface area contributed by atoms with Gasteiger partial charge < -0.3 is 15.6 Å². The molecule has 0 spiro atoms. The summed E-state index contributed by atoms with van der Waals surface area (Å²) >= 11 is 5.95. The summed E-state index contributed by atoms with van der Waals surface area (Å²) in [4.78, 5) is 11.1. The summed E-state index contributed by atoms with van der Waals surface area (Å²) in [5.41, 5.74) is 6.62. The number of hydrogen-bond donors (Lipinski definition) is 2. The van der Waals surface area contributed by atoms with Crippen molar-refractivity contribution in [2.75, 3.05) is 0 Å². The van der Waals surface area contributed by atoms with Crippen molar-refractivity contribution in [3.05, 3.63) is 28.8 Å². The van der Waals surface area contributed by atoms with Gasteiger partial charge in [0.25, 0.3) is 0 Å². The molecule has 0 saturated carbocycles. The lowest BCUT2D eigenvalue weighted by Gasteiger charge is -2.18. The molecule has 1 rings (SSSR count). The Bertz CT molecular complexity index is 435. The van der Waals surface area contributed by atoms with E-state index in [9.17, 15) is 4.79 Å². The van der Waals surface area contributed by atoms with Gasteiger partial charge in [-0.1, -0.05) is 24.9 Å². The van der Waals surface area contributed by atoms with Crippen LogP contribution in [0.15, 0.2) is 18.2 Å². The summed E-state index contributed by atoms with van der Waals surface area (Å²) in [6.07, 6.45) is 0.968. The number of ether oxygens (including phenoxy) is 1. The van der Waals surface area contributed by atoms with Gasteiger partial charge in [0.05, 0.1) is 0 Å². The molecule has 19 heavy (non-hydrogen) atoms. The van der Waals surface area contributed by atoms with Crippen molar-refractivity contribution >= 4 is 17.6 Å². The maximum atomic E-state index is 11.1. The van der Waals surface area contributed by atoms with E-state index in [-0.39, 0.29) is 6.04 Å². The molecule has 0 fully saturated rings. The Morgan fingerprint density at radius 3 is 2.74 bits per heavy atom. The van der Waals surface area contributed by atoms with E-state index in [1.54, 1.807) is 18.2 Å². The Kier molecular flexibility index (Phi) is 6.12. The number of aliphatic carboxylic acids is 1. The van der Waals surface area contributed by atoms with Crippen molar-refractivity contribution < 1.29 is 14.6 Å². The molecule has 4 nitrogen and oxygen atoms in total. The van der Waals surface area contributed by atoms with Crippen LogP contribution in [0.3, 0.4) is 0 Å². The molecule has 0 aliphatic rings. The monoisotopic (exact) mass is 285 g/mol. The third-order valence-electron chi connectivity index (χ3n) is 2.66. The van der Waals surface area contributed by atoms with Crippen LogP contribution in [0, 0.1) is 0 Å². The highest BCUT2D eigenvalue weighted by molar-refractivity contribution is 6.30. The van der Waals surface area contributed by atoms with Crippen molar-refractivity contribution in [2.24, 2.45) is 5.73 Å². The Morgan fingerprint density at radius 2 is 2.21 bits per heavy atom. The summed E-state index contributed by atoms with van der Waals surface area (Å²) in [5.74, 6) is -0.411. The molecule has 0 heterocycles. The molecule has 1 aromatic carbocycles. The van der Waals surface area contributed by atoms with Gasteiger partial charge in [0.1, 0.15) is 5.75 Å². The van der Waals surface area contributed by atoms with E-state index in [1.165, 1.54) is 0 Å². The minimum Gasteiger partial charge on any atom is -0.479 e. The number of carbonyl (C=O) groups is 1. The van der Waals surface area contributed by atoms with Crippen molar-refractivity contribution in [1.82, 2.24) is 0 Å². The topological polar surface area (TPSA) is 72.5 Å². The number of rotatable bonds is 7. The van der Waals surface area contributed by atoms with Gasteiger partial charge in [-0.2, -0.15) is 0 Å². The number of hydrogen-bond acceptors (Lipinski definition) is 3. The highest BCUT2D eigenvalue weighted by atomic mass is 35.5. The van der Waals surface area contributed by atoms with E-state index in [0.717, 1.165) is 12.0 Å². The third kappa shape index (κ3) is 5.09. The van der Waals surface area contributed by atoms with Crippen LogP contribution in [0.1, 0.15) is 32.3 Å². The molecule has 0 amide bonds. The number of carboxylic acid groups (broad SMARTS) is 1. The lowest BCUT2D eigenvalue weighted by atomic mass is 10.1. The molecular formula is C14H20ClNO3. The van der Waals surface area contributed by atoms with Gasteiger partial charge in [-0.3, -0.25) is 0 Å². The predicted molar refractivity (Wildman–Crippen MR) is 75.8 cm³/mol. The Hall–Kier alpha value is -1.26. The van der Waals surface area contributed by atoms with Gasteiger partial charge in [-0.05, 0) is 43.5 Å². The molecule has 0 radical (unpaired) electrons. The van der Waals surface area contributed by atoms with Gasteiger partial charge in [-0.25, -0.2) is 4.79 Å². The minimum absolute atomic E-state index is 0.0460. The van der Waals surface area contributed by atoms with Gasteiger partial charge in [0.2, 0.25) is 0 Å². The molecule has 0 bridgehead atoms. The zero-order valence-electron chi connectivity index (χ0n) is 11.2. The molecule has 3 N–H and O–H groups in total. The molecule has 0 aliphatic heterocycles. The van der Waals surface area contributed by atoms with Gasteiger partial charge in [-0.15, -0.1) is 0 Å². The Labute approximate surface area is 118 Å². The number of carboxylic acids is 1. The van der Waals surface area contributed by atoms with E-state index in [4.69, 9.17) is 27.2 Å². The summed E-state index contributed by atoms with van der Waals surface area (Å²) < 4.78 is 5.59. The van der Waals surface area contributed by atoms with Crippen LogP contribution in [0.4, 0.5) is 0 Å². The van der Waals surface area contributed by atoms with Crippen LogP contribution in [0.2, 0.25) is 5.02 Å². The normalized spacial score (nSPS) is 13.9. The number of halogens is 1. The fourth-order valence-electron chi connectivity index (χ4n) is 1.82. The second kappa shape index (κ2) is 7.36. The summed E-state index contributed by atoms with van der Waals surface area (Å²) in [7, 11) is 0. The average Bonchev–Trinajstić information content (AvgIpc) is 2.30. The van der Waals surface area contributed by atoms with Gasteiger partial charge >= 0.3 is 5.97 Å². The van der Waals surface area contributed by atoms with Crippen LogP contribution >= 0.6 is 11.6 Å². The first-order valence-electron chi connectivity index (χ1n) is 6.37. The van der Waals surface area contributed by atoms with E-state index in [1.807, 2.05) is 13.8 Å². The zero-order chi connectivity index (χ0) is 14.4. The molecule has 1 aromatic rings. The maximum Gasteiger partial charge on any atom is 0.344 e. The van der Waals surface area contributed by atoms with E-state index in [0.29, 0.717) is 23.6 Å². The first-order chi connectivity index (χ1) is 8.93. The molecule has 0 saturated heterocycles. The Morgan fingerprint density at radius 1 is 1.53 bits per heavy atom. The van der Waals surface area contributed by atoms with E-state index < -0.39 is 12.1 Å². The standard InChI is InChI=1S/C14H20ClNO3/c1-3-4-13(14(17)18)19-12-6-5-11(15)8-10(12)7-9(2)16/h5-6,8-9,13H,3-4,7,16H2,1-2H3,(H,17,18). The highest BCUT2D eigenvalue weighted by Crippen LogP contribution is 2.25. The SMILES string of the molecule is CCCC(Oc1ccc(Cl)cc1CC(C)N)C(=O)O. The van der Waals surface area contributed by atoms with Crippen molar-refractivity contribution in [1.29, 1.82) is 0 Å². The smallest absolute Gasteiger partial charge is 0.344 e. The van der Waals surface area contributed by atoms with Crippen molar-refractivity contribution in [2.45, 2.75) is 45.3 Å². The molecule has 2 atom stereocenters. The highest BCUT2D eigenvalue weighted by Gasteiger charge is 2.20. The van der Waals surface area contributed by atoms with Crippen molar-refractivity contribution in [3.63, 3.8) is 0 Å². The summed E-state index contributed by atoms with van der Waals surface area (Å²) in [6, 6.07) is 5.11. The molecule has 2 unspecified atom stereocenters. The fourth-order valence-corrected chi connectivity index (χ4v) is 2.01. The second-order valence-corrected chi connectivity index (χ2v) is 5.10. The van der Waals surface area contributed by atoms with Crippen LogP contribution in [0.25, 0.3) is 0 Å². The minimum atomic E-state index is -0.955. The van der Waals surface area contributed by atoms with Gasteiger partial charge in [0, 0.05) is 11.1 Å². The lowest BCUT2D eigenvalue weighted by molar-refractivity contribution is -0.145. The fraction of sp³-hybridized carbons (Fsp3) is 0.500. The zero-order valence-corrected chi connectivity index (χ0v) is 12.0. The molecule has 5 heteroatoms. The first kappa shape index (κ1) is 15.8. The first-order valence-corrected chi connectivity index (χ1v) is 6.75. The molecule has 106 valence electrons.